The van der Waals surface area contributed by atoms with E-state index >= 15 is 0 Å². The average molecular weight is 186 g/mol. The molecule has 0 bridgehead atoms. The van der Waals surface area contributed by atoms with Crippen molar-refractivity contribution in [2.24, 2.45) is 0 Å². The predicted molar refractivity (Wildman–Crippen MR) is 50.6 cm³/mol. The molecule has 13 heavy (non-hydrogen) atoms. The lowest BCUT2D eigenvalue weighted by Gasteiger charge is -2.26. The highest BCUT2D eigenvalue weighted by molar-refractivity contribution is 5.77. The smallest absolute Gasteiger partial charge is 0.248 e. The fourth-order valence-corrected chi connectivity index (χ4v) is 1.30. The summed E-state index contributed by atoms with van der Waals surface area (Å²) in [6.07, 6.45) is 1.14. The number of nitrogens with one attached hydrogen (secondary N) is 1. The molecule has 1 fully saturated rings. The van der Waals surface area contributed by atoms with Crippen molar-refractivity contribution in [3.63, 3.8) is 0 Å². The SMILES string of the molecule is CCCNCCN1CCOCC1=O. The van der Waals surface area contributed by atoms with E-state index in [0.717, 1.165) is 32.6 Å². The Hall–Kier alpha value is -0.610. The van der Waals surface area contributed by atoms with E-state index in [9.17, 15) is 4.79 Å². The van der Waals surface area contributed by atoms with Crippen molar-refractivity contribution in [2.75, 3.05) is 39.4 Å². The summed E-state index contributed by atoms with van der Waals surface area (Å²) in [6.45, 7) is 6.53. The number of hydrogen-bond donors (Lipinski definition) is 1. The summed E-state index contributed by atoms with van der Waals surface area (Å²) < 4.78 is 5.03. The lowest BCUT2D eigenvalue weighted by molar-refractivity contribution is -0.142. The van der Waals surface area contributed by atoms with Gasteiger partial charge in [0, 0.05) is 19.6 Å². The quantitative estimate of drug-likeness (QED) is 0.607. The molecule has 1 saturated heterocycles. The molecule has 1 aliphatic rings. The second kappa shape index (κ2) is 5.94. The van der Waals surface area contributed by atoms with Crippen LogP contribution in [0.25, 0.3) is 0 Å². The summed E-state index contributed by atoms with van der Waals surface area (Å²) in [5.74, 6) is 0.115. The summed E-state index contributed by atoms with van der Waals surface area (Å²) in [5.41, 5.74) is 0. The van der Waals surface area contributed by atoms with Crippen LogP contribution in [0.2, 0.25) is 0 Å². The first kappa shape index (κ1) is 10.5. The van der Waals surface area contributed by atoms with E-state index in [1.165, 1.54) is 0 Å². The third kappa shape index (κ3) is 3.74. The third-order valence-corrected chi connectivity index (χ3v) is 2.07. The highest BCUT2D eigenvalue weighted by Crippen LogP contribution is 1.96. The standard InChI is InChI=1S/C9H18N2O2/c1-2-3-10-4-5-11-6-7-13-8-9(11)12/h10H,2-8H2,1H3. The number of morpholine rings is 1. The van der Waals surface area contributed by atoms with Crippen molar-refractivity contribution in [2.45, 2.75) is 13.3 Å². The van der Waals surface area contributed by atoms with Crippen molar-refractivity contribution in [1.29, 1.82) is 0 Å². The molecule has 1 rings (SSSR count). The van der Waals surface area contributed by atoms with Gasteiger partial charge in [-0.2, -0.15) is 0 Å². The first-order chi connectivity index (χ1) is 6.34. The zero-order chi connectivity index (χ0) is 9.52. The highest BCUT2D eigenvalue weighted by Gasteiger charge is 2.17. The Balaban J connectivity index is 2.08. The molecule has 1 heterocycles. The molecule has 1 N–H and O–H groups in total. The minimum atomic E-state index is 0.115. The number of ether oxygens (including phenoxy) is 1. The van der Waals surface area contributed by atoms with Gasteiger partial charge in [0.1, 0.15) is 6.61 Å². The molecular formula is C9H18N2O2. The number of nitrogens with zero attached hydrogens (tertiary/aromatic N) is 1. The predicted octanol–water partition coefficient (Wildman–Crippen LogP) is -0.155. The Labute approximate surface area is 79.2 Å². The molecule has 0 radical (unpaired) electrons. The van der Waals surface area contributed by atoms with E-state index in [4.69, 9.17) is 4.74 Å². The third-order valence-electron chi connectivity index (χ3n) is 2.07. The number of hydrogen-bond acceptors (Lipinski definition) is 3. The lowest BCUT2D eigenvalue weighted by atomic mass is 10.4. The molecule has 0 saturated carbocycles. The minimum absolute atomic E-state index is 0.115. The zero-order valence-corrected chi connectivity index (χ0v) is 8.21. The number of carbonyl (C=O) groups excluding carboxylic acids is 1. The van der Waals surface area contributed by atoms with Crippen LogP contribution in [0.4, 0.5) is 0 Å². The van der Waals surface area contributed by atoms with E-state index in [1.54, 1.807) is 0 Å². The van der Waals surface area contributed by atoms with Gasteiger partial charge in [-0.25, -0.2) is 0 Å². The molecule has 0 unspecified atom stereocenters. The van der Waals surface area contributed by atoms with Crippen LogP contribution in [-0.2, 0) is 9.53 Å². The zero-order valence-electron chi connectivity index (χ0n) is 8.21. The van der Waals surface area contributed by atoms with Crippen LogP contribution in [0, 0.1) is 0 Å². The molecule has 0 spiro atoms. The molecule has 0 aromatic heterocycles. The molecule has 4 heteroatoms. The molecule has 0 aromatic carbocycles. The molecule has 76 valence electrons. The molecule has 0 atom stereocenters. The minimum Gasteiger partial charge on any atom is -0.370 e. The second-order valence-corrected chi connectivity index (χ2v) is 3.18. The van der Waals surface area contributed by atoms with Crippen LogP contribution >= 0.6 is 0 Å². The van der Waals surface area contributed by atoms with Crippen LogP contribution in [0.3, 0.4) is 0 Å². The number of carbonyl (C=O) groups is 1. The Morgan fingerprint density at radius 2 is 2.38 bits per heavy atom. The Kier molecular flexibility index (Phi) is 4.78. The van der Waals surface area contributed by atoms with Crippen LogP contribution < -0.4 is 5.32 Å². The van der Waals surface area contributed by atoms with Gasteiger partial charge >= 0.3 is 0 Å². The van der Waals surface area contributed by atoms with Gasteiger partial charge in [0.25, 0.3) is 0 Å². The maximum absolute atomic E-state index is 11.2. The first-order valence-electron chi connectivity index (χ1n) is 4.91. The summed E-state index contributed by atoms with van der Waals surface area (Å²) in [6, 6.07) is 0. The number of rotatable bonds is 5. The van der Waals surface area contributed by atoms with Gasteiger partial charge in [0.05, 0.1) is 6.61 Å². The summed E-state index contributed by atoms with van der Waals surface area (Å²) in [5, 5.41) is 3.27. The monoisotopic (exact) mass is 186 g/mol. The van der Waals surface area contributed by atoms with Crippen molar-refractivity contribution >= 4 is 5.91 Å². The topological polar surface area (TPSA) is 41.6 Å². The van der Waals surface area contributed by atoms with Crippen LogP contribution in [-0.4, -0.2) is 50.2 Å². The van der Waals surface area contributed by atoms with E-state index < -0.39 is 0 Å². The maximum atomic E-state index is 11.2. The van der Waals surface area contributed by atoms with Gasteiger partial charge in [0.15, 0.2) is 0 Å². The van der Waals surface area contributed by atoms with Gasteiger partial charge in [-0.1, -0.05) is 6.92 Å². The molecule has 0 aliphatic carbocycles. The normalized spacial score (nSPS) is 17.9. The fraction of sp³-hybridized carbons (Fsp3) is 0.889. The fourth-order valence-electron chi connectivity index (χ4n) is 1.30. The molecule has 4 nitrogen and oxygen atoms in total. The maximum Gasteiger partial charge on any atom is 0.248 e. The first-order valence-corrected chi connectivity index (χ1v) is 4.91. The Bertz CT molecular complexity index is 162. The molecule has 1 amide bonds. The van der Waals surface area contributed by atoms with Crippen LogP contribution in [0.1, 0.15) is 13.3 Å². The molecular weight excluding hydrogens is 168 g/mol. The van der Waals surface area contributed by atoms with Crippen LogP contribution in [0.5, 0.6) is 0 Å². The summed E-state index contributed by atoms with van der Waals surface area (Å²) >= 11 is 0. The van der Waals surface area contributed by atoms with Crippen LogP contribution in [0.15, 0.2) is 0 Å². The van der Waals surface area contributed by atoms with Crippen molar-refractivity contribution in [3.05, 3.63) is 0 Å². The lowest BCUT2D eigenvalue weighted by Crippen LogP contribution is -2.44. The van der Waals surface area contributed by atoms with Gasteiger partial charge < -0.3 is 15.0 Å². The Morgan fingerprint density at radius 3 is 3.08 bits per heavy atom. The van der Waals surface area contributed by atoms with E-state index in [0.29, 0.717) is 6.61 Å². The number of amides is 1. The van der Waals surface area contributed by atoms with Crippen molar-refractivity contribution < 1.29 is 9.53 Å². The highest BCUT2D eigenvalue weighted by atomic mass is 16.5. The summed E-state index contributed by atoms with van der Waals surface area (Å²) in [4.78, 5) is 13.1. The van der Waals surface area contributed by atoms with Gasteiger partial charge in [0.2, 0.25) is 5.91 Å². The van der Waals surface area contributed by atoms with E-state index in [2.05, 4.69) is 12.2 Å². The van der Waals surface area contributed by atoms with Gasteiger partial charge in [-0.3, -0.25) is 4.79 Å². The summed E-state index contributed by atoms with van der Waals surface area (Å²) in [7, 11) is 0. The van der Waals surface area contributed by atoms with E-state index in [1.807, 2.05) is 4.90 Å². The second-order valence-electron chi connectivity index (χ2n) is 3.18. The largest absolute Gasteiger partial charge is 0.370 e. The van der Waals surface area contributed by atoms with E-state index in [-0.39, 0.29) is 12.5 Å². The van der Waals surface area contributed by atoms with Gasteiger partial charge in [-0.05, 0) is 13.0 Å². The molecule has 0 aromatic rings. The van der Waals surface area contributed by atoms with Crippen molar-refractivity contribution in [3.8, 4) is 0 Å². The Morgan fingerprint density at radius 1 is 1.54 bits per heavy atom. The average Bonchev–Trinajstić information content (AvgIpc) is 2.15. The van der Waals surface area contributed by atoms with Gasteiger partial charge in [-0.15, -0.1) is 0 Å². The molecule has 1 aliphatic heterocycles. The van der Waals surface area contributed by atoms with Crippen molar-refractivity contribution in [1.82, 2.24) is 10.2 Å².